The first-order valence-electron chi connectivity index (χ1n) is 10.2. The Morgan fingerprint density at radius 3 is 2.39 bits per heavy atom. The Kier molecular flexibility index (Phi) is 3.55. The fourth-order valence-corrected chi connectivity index (χ4v) is 6.12. The number of fused-ring (bicyclic) bond motifs is 8. The number of para-hydroxylation sites is 1. The number of rotatable bonds is 1. The zero-order valence-corrected chi connectivity index (χ0v) is 17.9. The lowest BCUT2D eigenvalue weighted by Crippen LogP contribution is -1.82. The molecule has 2 heterocycles. The summed E-state index contributed by atoms with van der Waals surface area (Å²) in [5.41, 5.74) is 4.26. The Morgan fingerprint density at radius 2 is 1.45 bits per heavy atom. The SMILES string of the molecule is Clc1ccc2sc3c4ccccc4cc(-c4ccc5oc6ccccc6c5c4)c3c2c1. The predicted molar refractivity (Wildman–Crippen MR) is 135 cm³/mol. The smallest absolute Gasteiger partial charge is 0.135 e. The van der Waals surface area contributed by atoms with E-state index in [1.165, 1.54) is 42.1 Å². The fraction of sp³-hybridized carbons (Fsp3) is 0. The van der Waals surface area contributed by atoms with E-state index in [1.54, 1.807) is 0 Å². The maximum Gasteiger partial charge on any atom is 0.135 e. The summed E-state index contributed by atoms with van der Waals surface area (Å²) in [7, 11) is 0. The van der Waals surface area contributed by atoms with E-state index in [0.717, 1.165) is 27.0 Å². The maximum absolute atomic E-state index is 6.41. The van der Waals surface area contributed by atoms with E-state index in [1.807, 2.05) is 29.5 Å². The van der Waals surface area contributed by atoms with Crippen LogP contribution in [0.4, 0.5) is 0 Å². The van der Waals surface area contributed by atoms with Crippen LogP contribution in [0.25, 0.3) is 64.0 Å². The monoisotopic (exact) mass is 434 g/mol. The standard InChI is InChI=1S/C28H15ClOS/c29-18-10-12-26-23(15-18)27-21(13-16-5-1-2-6-19(16)28(27)31-26)17-9-11-25-22(14-17)20-7-3-4-8-24(20)30-25/h1-15H. The van der Waals surface area contributed by atoms with Gasteiger partial charge in [-0.2, -0.15) is 0 Å². The molecule has 0 unspecified atom stereocenters. The number of benzene rings is 5. The first kappa shape index (κ1) is 17.4. The van der Waals surface area contributed by atoms with Gasteiger partial charge in [0.05, 0.1) is 0 Å². The van der Waals surface area contributed by atoms with Crippen molar-refractivity contribution in [3.63, 3.8) is 0 Å². The summed E-state index contributed by atoms with van der Waals surface area (Å²) in [6.07, 6.45) is 0. The molecule has 1 nitrogen and oxygen atoms in total. The molecule has 0 spiro atoms. The molecule has 0 fully saturated rings. The molecule has 0 atom stereocenters. The van der Waals surface area contributed by atoms with E-state index in [-0.39, 0.29) is 0 Å². The lowest BCUT2D eigenvalue weighted by atomic mass is 9.94. The van der Waals surface area contributed by atoms with Crippen LogP contribution in [0.1, 0.15) is 0 Å². The van der Waals surface area contributed by atoms with Gasteiger partial charge in [0.25, 0.3) is 0 Å². The van der Waals surface area contributed by atoms with E-state index in [4.69, 9.17) is 16.0 Å². The fourth-order valence-electron chi connectivity index (χ4n) is 4.71. The van der Waals surface area contributed by atoms with Crippen LogP contribution in [-0.2, 0) is 0 Å². The molecule has 5 aromatic carbocycles. The summed E-state index contributed by atoms with van der Waals surface area (Å²) in [5.74, 6) is 0. The largest absolute Gasteiger partial charge is 0.456 e. The summed E-state index contributed by atoms with van der Waals surface area (Å²) in [4.78, 5) is 0. The van der Waals surface area contributed by atoms with Gasteiger partial charge in [-0.25, -0.2) is 0 Å². The molecular formula is C28H15ClOS. The number of halogens is 1. The Balaban J connectivity index is 1.65. The minimum atomic E-state index is 0.766. The van der Waals surface area contributed by atoms with Crippen molar-refractivity contribution in [1.29, 1.82) is 0 Å². The first-order valence-corrected chi connectivity index (χ1v) is 11.4. The van der Waals surface area contributed by atoms with Crippen LogP contribution in [0.3, 0.4) is 0 Å². The lowest BCUT2D eigenvalue weighted by Gasteiger charge is -2.09. The highest BCUT2D eigenvalue weighted by Crippen LogP contribution is 2.45. The van der Waals surface area contributed by atoms with E-state index < -0.39 is 0 Å². The average Bonchev–Trinajstić information content (AvgIpc) is 3.36. The van der Waals surface area contributed by atoms with Crippen LogP contribution in [0.2, 0.25) is 5.02 Å². The third-order valence-corrected chi connectivity index (χ3v) is 7.55. The van der Waals surface area contributed by atoms with Gasteiger partial charge in [0.15, 0.2) is 0 Å². The molecule has 0 radical (unpaired) electrons. The second-order valence-corrected chi connectivity index (χ2v) is 9.39. The molecular weight excluding hydrogens is 420 g/mol. The molecule has 0 bridgehead atoms. The highest BCUT2D eigenvalue weighted by atomic mass is 35.5. The van der Waals surface area contributed by atoms with Gasteiger partial charge in [-0.05, 0) is 64.4 Å². The first-order chi connectivity index (χ1) is 15.3. The molecule has 146 valence electrons. The van der Waals surface area contributed by atoms with Crippen molar-refractivity contribution in [1.82, 2.24) is 0 Å². The Morgan fingerprint density at radius 1 is 0.645 bits per heavy atom. The molecule has 31 heavy (non-hydrogen) atoms. The van der Waals surface area contributed by atoms with Gasteiger partial charge in [-0.3, -0.25) is 0 Å². The Hall–Kier alpha value is -3.33. The highest BCUT2D eigenvalue weighted by molar-refractivity contribution is 7.26. The molecule has 0 aliphatic rings. The minimum Gasteiger partial charge on any atom is -0.456 e. The molecule has 7 aromatic rings. The second kappa shape index (κ2) is 6.34. The summed E-state index contributed by atoms with van der Waals surface area (Å²) in [6, 6.07) is 31.9. The number of hydrogen-bond donors (Lipinski definition) is 0. The van der Waals surface area contributed by atoms with Crippen LogP contribution >= 0.6 is 22.9 Å². The second-order valence-electron chi connectivity index (χ2n) is 7.90. The Labute approximate surface area is 187 Å². The zero-order chi connectivity index (χ0) is 20.5. The minimum absolute atomic E-state index is 0.766. The van der Waals surface area contributed by atoms with Crippen molar-refractivity contribution in [2.24, 2.45) is 0 Å². The summed E-state index contributed by atoms with van der Waals surface area (Å²) in [5, 5.41) is 8.08. The molecule has 0 aliphatic heterocycles. The number of hydrogen-bond acceptors (Lipinski definition) is 2. The van der Waals surface area contributed by atoms with Crippen molar-refractivity contribution in [3.8, 4) is 11.1 Å². The average molecular weight is 435 g/mol. The Bertz CT molecular complexity index is 1810. The normalized spacial score (nSPS) is 12.0. The zero-order valence-electron chi connectivity index (χ0n) is 16.4. The van der Waals surface area contributed by atoms with E-state index in [9.17, 15) is 0 Å². The molecule has 3 heteroatoms. The van der Waals surface area contributed by atoms with Crippen LogP contribution in [-0.4, -0.2) is 0 Å². The predicted octanol–water partition coefficient (Wildman–Crippen LogP) is 9.43. The summed E-state index contributed by atoms with van der Waals surface area (Å²) in [6.45, 7) is 0. The molecule has 2 aromatic heterocycles. The van der Waals surface area contributed by atoms with Gasteiger partial charge in [0.1, 0.15) is 11.2 Å². The van der Waals surface area contributed by atoms with Gasteiger partial charge < -0.3 is 4.42 Å². The van der Waals surface area contributed by atoms with E-state index in [2.05, 4.69) is 72.8 Å². The van der Waals surface area contributed by atoms with E-state index >= 15 is 0 Å². The van der Waals surface area contributed by atoms with Crippen molar-refractivity contribution in [3.05, 3.63) is 96.0 Å². The third kappa shape index (κ3) is 2.49. The van der Waals surface area contributed by atoms with Gasteiger partial charge in [0, 0.05) is 36.0 Å². The van der Waals surface area contributed by atoms with E-state index in [0.29, 0.717) is 0 Å². The van der Waals surface area contributed by atoms with Gasteiger partial charge in [0.2, 0.25) is 0 Å². The van der Waals surface area contributed by atoms with Crippen LogP contribution < -0.4 is 0 Å². The topological polar surface area (TPSA) is 13.1 Å². The quantitative estimate of drug-likeness (QED) is 0.251. The van der Waals surface area contributed by atoms with Crippen molar-refractivity contribution < 1.29 is 4.42 Å². The summed E-state index contributed by atoms with van der Waals surface area (Å²) >= 11 is 8.25. The molecule has 0 amide bonds. The molecule has 0 saturated heterocycles. The van der Waals surface area contributed by atoms with Gasteiger partial charge in [-0.15, -0.1) is 11.3 Å². The lowest BCUT2D eigenvalue weighted by molar-refractivity contribution is 0.669. The third-order valence-electron chi connectivity index (χ3n) is 6.11. The van der Waals surface area contributed by atoms with Crippen LogP contribution in [0, 0.1) is 0 Å². The molecule has 0 aliphatic carbocycles. The summed E-state index contributed by atoms with van der Waals surface area (Å²) < 4.78 is 8.62. The van der Waals surface area contributed by atoms with Gasteiger partial charge >= 0.3 is 0 Å². The highest BCUT2D eigenvalue weighted by Gasteiger charge is 2.16. The van der Waals surface area contributed by atoms with Crippen molar-refractivity contribution >= 4 is 75.8 Å². The number of thiophene rings is 1. The molecule has 0 N–H and O–H groups in total. The van der Waals surface area contributed by atoms with Crippen molar-refractivity contribution in [2.45, 2.75) is 0 Å². The van der Waals surface area contributed by atoms with Crippen molar-refractivity contribution in [2.75, 3.05) is 0 Å². The molecule has 0 saturated carbocycles. The number of furan rings is 1. The van der Waals surface area contributed by atoms with Crippen LogP contribution in [0.15, 0.2) is 95.4 Å². The van der Waals surface area contributed by atoms with Crippen LogP contribution in [0.5, 0.6) is 0 Å². The maximum atomic E-state index is 6.41. The molecule has 7 rings (SSSR count). The van der Waals surface area contributed by atoms with Gasteiger partial charge in [-0.1, -0.05) is 60.1 Å².